The Hall–Kier alpha value is -1.55. The minimum Gasteiger partial charge on any atom is -0.372 e. The fraction of sp³-hybridized carbons (Fsp3) is 0.571. The van der Waals surface area contributed by atoms with Crippen LogP contribution in [0.1, 0.15) is 36.9 Å². The van der Waals surface area contributed by atoms with Gasteiger partial charge in [-0.3, -0.25) is 0 Å². The number of aromatic nitrogens is 1. The van der Waals surface area contributed by atoms with Crippen molar-refractivity contribution in [2.24, 2.45) is 11.8 Å². The van der Waals surface area contributed by atoms with Gasteiger partial charge in [0.25, 0.3) is 0 Å². The molecule has 1 aromatic carbocycles. The number of anilines is 2. The minimum atomic E-state index is 0.914. The second-order valence-corrected chi connectivity index (χ2v) is 8.59. The molecule has 0 saturated carbocycles. The molecule has 0 spiro atoms. The van der Waals surface area contributed by atoms with Gasteiger partial charge in [0.1, 0.15) is 0 Å². The predicted molar refractivity (Wildman–Crippen MR) is 108 cm³/mol. The van der Waals surface area contributed by atoms with Crippen molar-refractivity contribution in [1.82, 2.24) is 4.98 Å². The third kappa shape index (κ3) is 3.84. The molecule has 25 heavy (non-hydrogen) atoms. The van der Waals surface area contributed by atoms with E-state index in [2.05, 4.69) is 58.3 Å². The van der Waals surface area contributed by atoms with Crippen molar-refractivity contribution in [2.45, 2.75) is 39.5 Å². The van der Waals surface area contributed by atoms with Gasteiger partial charge in [-0.1, -0.05) is 17.7 Å². The van der Waals surface area contributed by atoms with Crippen molar-refractivity contribution in [3.8, 4) is 0 Å². The molecular weight excluding hydrogens is 326 g/mol. The van der Waals surface area contributed by atoms with Crippen LogP contribution in [0.4, 0.5) is 10.8 Å². The summed E-state index contributed by atoms with van der Waals surface area (Å²) in [5, 5.41) is 3.40. The van der Waals surface area contributed by atoms with Crippen molar-refractivity contribution in [2.75, 3.05) is 36.0 Å². The largest absolute Gasteiger partial charge is 0.372 e. The van der Waals surface area contributed by atoms with E-state index in [1.165, 1.54) is 68.2 Å². The summed E-state index contributed by atoms with van der Waals surface area (Å²) in [4.78, 5) is 9.73. The van der Waals surface area contributed by atoms with Crippen LogP contribution in [0.2, 0.25) is 0 Å². The second kappa shape index (κ2) is 7.36. The number of hydrogen-bond donors (Lipinski definition) is 0. The van der Waals surface area contributed by atoms with Gasteiger partial charge in [0.2, 0.25) is 0 Å². The lowest BCUT2D eigenvalue weighted by molar-refractivity contribution is 0.233. The molecule has 0 bridgehead atoms. The fourth-order valence-electron chi connectivity index (χ4n) is 4.43. The normalized spacial score (nSPS) is 20.2. The first-order chi connectivity index (χ1) is 12.2. The van der Waals surface area contributed by atoms with Crippen LogP contribution in [0.15, 0.2) is 29.6 Å². The van der Waals surface area contributed by atoms with E-state index in [0.717, 1.165) is 17.5 Å². The zero-order chi connectivity index (χ0) is 17.2. The molecule has 2 aromatic rings. The van der Waals surface area contributed by atoms with E-state index < -0.39 is 0 Å². The Morgan fingerprint density at radius 2 is 1.40 bits per heavy atom. The van der Waals surface area contributed by atoms with E-state index in [-0.39, 0.29) is 0 Å². The van der Waals surface area contributed by atoms with Crippen LogP contribution >= 0.6 is 11.3 Å². The SMILES string of the molecule is Cc1ccc(N2CCC(C3CCN(c4nc(C)cs4)CC3)CC2)cc1. The lowest BCUT2D eigenvalue weighted by Gasteiger charge is -2.40. The summed E-state index contributed by atoms with van der Waals surface area (Å²) in [6, 6.07) is 9.03. The Labute approximate surface area is 155 Å². The summed E-state index contributed by atoms with van der Waals surface area (Å²) < 4.78 is 0. The fourth-order valence-corrected chi connectivity index (χ4v) is 5.29. The van der Waals surface area contributed by atoms with Gasteiger partial charge in [0.05, 0.1) is 5.69 Å². The van der Waals surface area contributed by atoms with Gasteiger partial charge in [-0.2, -0.15) is 0 Å². The molecule has 0 atom stereocenters. The molecule has 2 saturated heterocycles. The number of rotatable bonds is 3. The van der Waals surface area contributed by atoms with E-state index in [1.807, 2.05) is 0 Å². The van der Waals surface area contributed by atoms with Gasteiger partial charge < -0.3 is 9.80 Å². The van der Waals surface area contributed by atoms with Crippen molar-refractivity contribution >= 4 is 22.2 Å². The van der Waals surface area contributed by atoms with E-state index in [0.29, 0.717) is 0 Å². The first-order valence-electron chi connectivity index (χ1n) is 9.68. The lowest BCUT2D eigenvalue weighted by Crippen LogP contribution is -2.40. The first-order valence-corrected chi connectivity index (χ1v) is 10.6. The summed E-state index contributed by atoms with van der Waals surface area (Å²) >= 11 is 1.80. The molecule has 0 N–H and O–H groups in total. The Bertz CT molecular complexity index is 677. The predicted octanol–water partition coefficient (Wildman–Crippen LogP) is 4.89. The number of nitrogens with zero attached hydrogens (tertiary/aromatic N) is 3. The molecule has 0 unspecified atom stereocenters. The van der Waals surface area contributed by atoms with Crippen molar-refractivity contribution in [3.05, 3.63) is 40.9 Å². The van der Waals surface area contributed by atoms with Gasteiger partial charge in [-0.05, 0) is 63.5 Å². The van der Waals surface area contributed by atoms with E-state index >= 15 is 0 Å². The number of aryl methyl sites for hydroxylation is 2. The summed E-state index contributed by atoms with van der Waals surface area (Å²) in [5.74, 6) is 1.83. The van der Waals surface area contributed by atoms with Crippen LogP contribution in [0.3, 0.4) is 0 Å². The Morgan fingerprint density at radius 3 is 1.92 bits per heavy atom. The Morgan fingerprint density at radius 1 is 0.840 bits per heavy atom. The molecule has 2 aliphatic rings. The average Bonchev–Trinajstić information content (AvgIpc) is 3.09. The third-order valence-electron chi connectivity index (χ3n) is 6.02. The molecule has 1 aromatic heterocycles. The molecule has 4 rings (SSSR count). The molecule has 0 aliphatic carbocycles. The van der Waals surface area contributed by atoms with Crippen LogP contribution in [-0.4, -0.2) is 31.2 Å². The quantitative estimate of drug-likeness (QED) is 0.781. The highest BCUT2D eigenvalue weighted by Gasteiger charge is 2.30. The maximum Gasteiger partial charge on any atom is 0.185 e. The Balaban J connectivity index is 1.28. The van der Waals surface area contributed by atoms with Crippen LogP contribution in [0, 0.1) is 25.7 Å². The number of hydrogen-bond acceptors (Lipinski definition) is 4. The van der Waals surface area contributed by atoms with E-state index in [9.17, 15) is 0 Å². The van der Waals surface area contributed by atoms with E-state index in [1.54, 1.807) is 11.3 Å². The topological polar surface area (TPSA) is 19.4 Å². The molecule has 2 aliphatic heterocycles. The van der Waals surface area contributed by atoms with Gasteiger partial charge in [-0.25, -0.2) is 4.98 Å². The smallest absolute Gasteiger partial charge is 0.185 e. The number of piperidine rings is 2. The average molecular weight is 356 g/mol. The van der Waals surface area contributed by atoms with Crippen molar-refractivity contribution in [3.63, 3.8) is 0 Å². The highest BCUT2D eigenvalue weighted by Crippen LogP contribution is 2.35. The Kier molecular flexibility index (Phi) is 4.98. The van der Waals surface area contributed by atoms with Gasteiger partial charge in [-0.15, -0.1) is 11.3 Å². The van der Waals surface area contributed by atoms with Crippen LogP contribution in [0.5, 0.6) is 0 Å². The van der Waals surface area contributed by atoms with Crippen LogP contribution in [0.25, 0.3) is 0 Å². The van der Waals surface area contributed by atoms with Crippen molar-refractivity contribution in [1.29, 1.82) is 0 Å². The molecule has 3 nitrogen and oxygen atoms in total. The number of thiazole rings is 1. The third-order valence-corrected chi connectivity index (χ3v) is 7.04. The maximum atomic E-state index is 4.66. The molecule has 0 radical (unpaired) electrons. The minimum absolute atomic E-state index is 0.914. The molecule has 4 heteroatoms. The zero-order valence-electron chi connectivity index (χ0n) is 15.4. The molecular formula is C21H29N3S. The van der Waals surface area contributed by atoms with Gasteiger partial charge in [0.15, 0.2) is 5.13 Å². The lowest BCUT2D eigenvalue weighted by atomic mass is 9.79. The summed E-state index contributed by atoms with van der Waals surface area (Å²) in [5.41, 5.74) is 3.91. The van der Waals surface area contributed by atoms with Gasteiger partial charge in [0, 0.05) is 37.2 Å². The van der Waals surface area contributed by atoms with E-state index in [4.69, 9.17) is 0 Å². The number of benzene rings is 1. The second-order valence-electron chi connectivity index (χ2n) is 7.76. The van der Waals surface area contributed by atoms with Crippen LogP contribution < -0.4 is 9.80 Å². The highest BCUT2D eigenvalue weighted by molar-refractivity contribution is 7.13. The standard InChI is InChI=1S/C21H29N3S/c1-16-3-5-20(6-4-16)23-11-7-18(8-12-23)19-9-13-24(14-10-19)21-22-17(2)15-25-21/h3-6,15,18-19H,7-14H2,1-2H3. The highest BCUT2D eigenvalue weighted by atomic mass is 32.1. The van der Waals surface area contributed by atoms with Crippen LogP contribution in [-0.2, 0) is 0 Å². The first kappa shape index (κ1) is 16.9. The monoisotopic (exact) mass is 355 g/mol. The maximum absolute atomic E-state index is 4.66. The summed E-state index contributed by atoms with van der Waals surface area (Å²) in [6.07, 6.45) is 5.39. The van der Waals surface area contributed by atoms with Crippen molar-refractivity contribution < 1.29 is 0 Å². The molecule has 0 amide bonds. The molecule has 134 valence electrons. The summed E-state index contributed by atoms with van der Waals surface area (Å²) in [6.45, 7) is 9.08. The molecule has 2 fully saturated rings. The van der Waals surface area contributed by atoms with Gasteiger partial charge >= 0.3 is 0 Å². The zero-order valence-corrected chi connectivity index (χ0v) is 16.3. The summed E-state index contributed by atoms with van der Waals surface area (Å²) in [7, 11) is 0. The molecule has 3 heterocycles.